The Hall–Kier alpha value is -3.83. The molecule has 204 valence electrons. The zero-order valence-electron chi connectivity index (χ0n) is 21.9. The average Bonchev–Trinajstić information content (AvgIpc) is 3.33. The van der Waals surface area contributed by atoms with Gasteiger partial charge in [0.05, 0.1) is 6.54 Å². The molecule has 1 heterocycles. The SMILES string of the molecule is C[C@@H](C(=O)N[C@@H](CNC(=O)OCc1ccccc1)C(=O)N1CCCC1C(=O)O)N(C)C(=O)OC(C)(C)C. The monoisotopic (exact) mass is 520 g/mol. The Morgan fingerprint density at radius 3 is 2.41 bits per heavy atom. The van der Waals surface area contributed by atoms with E-state index in [-0.39, 0.29) is 26.1 Å². The van der Waals surface area contributed by atoms with Crippen LogP contribution in [0.15, 0.2) is 30.3 Å². The number of nitrogens with zero attached hydrogens (tertiary/aromatic N) is 2. The fourth-order valence-corrected chi connectivity index (χ4v) is 3.61. The number of carboxylic acid groups (broad SMARTS) is 1. The van der Waals surface area contributed by atoms with Gasteiger partial charge in [0.1, 0.15) is 30.3 Å². The fourth-order valence-electron chi connectivity index (χ4n) is 3.61. The molecule has 0 saturated carbocycles. The molecule has 3 N–H and O–H groups in total. The van der Waals surface area contributed by atoms with Gasteiger partial charge in [-0.1, -0.05) is 30.3 Å². The molecule has 2 rings (SSSR count). The largest absolute Gasteiger partial charge is 0.480 e. The second-order valence-corrected chi connectivity index (χ2v) is 9.80. The van der Waals surface area contributed by atoms with Crippen molar-refractivity contribution in [3.63, 3.8) is 0 Å². The number of aliphatic carboxylic acids is 1. The van der Waals surface area contributed by atoms with Gasteiger partial charge in [0.25, 0.3) is 0 Å². The highest BCUT2D eigenvalue weighted by Gasteiger charge is 2.38. The molecule has 0 aliphatic carbocycles. The highest BCUT2D eigenvalue weighted by molar-refractivity contribution is 5.93. The smallest absolute Gasteiger partial charge is 0.410 e. The minimum Gasteiger partial charge on any atom is -0.480 e. The van der Waals surface area contributed by atoms with E-state index in [1.54, 1.807) is 45.0 Å². The van der Waals surface area contributed by atoms with Gasteiger partial charge in [-0.3, -0.25) is 14.5 Å². The summed E-state index contributed by atoms with van der Waals surface area (Å²) < 4.78 is 10.4. The zero-order valence-corrected chi connectivity index (χ0v) is 21.9. The minimum absolute atomic E-state index is 0.00256. The summed E-state index contributed by atoms with van der Waals surface area (Å²) in [5.41, 5.74) is -0.00924. The van der Waals surface area contributed by atoms with E-state index in [0.717, 1.165) is 10.5 Å². The third kappa shape index (κ3) is 8.96. The molecule has 0 bridgehead atoms. The van der Waals surface area contributed by atoms with Crippen LogP contribution in [0, 0.1) is 0 Å². The van der Waals surface area contributed by atoms with Crippen LogP contribution in [-0.4, -0.2) is 88.7 Å². The third-order valence-corrected chi connectivity index (χ3v) is 5.74. The Kier molecular flexibility index (Phi) is 10.3. The minimum atomic E-state index is -1.29. The first kappa shape index (κ1) is 29.4. The van der Waals surface area contributed by atoms with Crippen LogP contribution in [0.25, 0.3) is 0 Å². The Morgan fingerprint density at radius 2 is 1.81 bits per heavy atom. The van der Waals surface area contributed by atoms with Crippen LogP contribution in [-0.2, 0) is 30.5 Å². The van der Waals surface area contributed by atoms with Crippen LogP contribution < -0.4 is 10.6 Å². The molecule has 12 heteroatoms. The number of hydrogen-bond donors (Lipinski definition) is 3. The first-order valence-electron chi connectivity index (χ1n) is 12.0. The second kappa shape index (κ2) is 12.9. The zero-order chi connectivity index (χ0) is 27.8. The van der Waals surface area contributed by atoms with E-state index in [0.29, 0.717) is 6.42 Å². The van der Waals surface area contributed by atoms with Crippen molar-refractivity contribution in [2.75, 3.05) is 20.1 Å². The van der Waals surface area contributed by atoms with E-state index in [1.165, 1.54) is 18.9 Å². The predicted octanol–water partition coefficient (Wildman–Crippen LogP) is 1.73. The number of carbonyl (C=O) groups is 5. The maximum absolute atomic E-state index is 13.3. The van der Waals surface area contributed by atoms with Crippen molar-refractivity contribution < 1.29 is 38.6 Å². The maximum Gasteiger partial charge on any atom is 0.410 e. The lowest BCUT2D eigenvalue weighted by Gasteiger charge is -2.31. The molecule has 0 spiro atoms. The lowest BCUT2D eigenvalue weighted by atomic mass is 10.1. The molecular weight excluding hydrogens is 484 g/mol. The summed E-state index contributed by atoms with van der Waals surface area (Å²) in [6.45, 7) is 6.39. The Balaban J connectivity index is 2.09. The number of amides is 4. The molecule has 1 unspecified atom stereocenters. The molecule has 37 heavy (non-hydrogen) atoms. The number of nitrogens with one attached hydrogen (secondary N) is 2. The normalized spacial score (nSPS) is 16.8. The van der Waals surface area contributed by atoms with Gasteiger partial charge in [-0.25, -0.2) is 14.4 Å². The van der Waals surface area contributed by atoms with E-state index < -0.39 is 53.7 Å². The Morgan fingerprint density at radius 1 is 1.16 bits per heavy atom. The number of rotatable bonds is 9. The number of carboxylic acids is 1. The van der Waals surface area contributed by atoms with Crippen molar-refractivity contribution in [2.24, 2.45) is 0 Å². The summed E-state index contributed by atoms with van der Waals surface area (Å²) >= 11 is 0. The quantitative estimate of drug-likeness (QED) is 0.445. The second-order valence-electron chi connectivity index (χ2n) is 9.80. The van der Waals surface area contributed by atoms with Gasteiger partial charge in [-0.15, -0.1) is 0 Å². The summed E-state index contributed by atoms with van der Waals surface area (Å²) in [6.07, 6.45) is -0.767. The number of alkyl carbamates (subject to hydrolysis) is 1. The average molecular weight is 521 g/mol. The predicted molar refractivity (Wildman–Crippen MR) is 132 cm³/mol. The molecular formula is C25H36N4O8. The summed E-state index contributed by atoms with van der Waals surface area (Å²) in [5.74, 6) is -2.49. The van der Waals surface area contributed by atoms with Crippen LogP contribution in [0.1, 0.15) is 46.1 Å². The molecule has 1 saturated heterocycles. The number of carbonyl (C=O) groups excluding carboxylic acids is 4. The molecule has 1 fully saturated rings. The maximum atomic E-state index is 13.3. The first-order valence-corrected chi connectivity index (χ1v) is 12.0. The topological polar surface area (TPSA) is 155 Å². The summed E-state index contributed by atoms with van der Waals surface area (Å²) in [6, 6.07) is 5.64. The molecule has 1 aliphatic rings. The van der Waals surface area contributed by atoms with Gasteiger partial charge in [0.2, 0.25) is 11.8 Å². The van der Waals surface area contributed by atoms with E-state index in [4.69, 9.17) is 9.47 Å². The highest BCUT2D eigenvalue weighted by atomic mass is 16.6. The lowest BCUT2D eigenvalue weighted by molar-refractivity contribution is -0.149. The molecule has 1 aromatic carbocycles. The van der Waals surface area contributed by atoms with Crippen LogP contribution in [0.4, 0.5) is 9.59 Å². The van der Waals surface area contributed by atoms with E-state index in [2.05, 4.69) is 10.6 Å². The van der Waals surface area contributed by atoms with Crippen LogP contribution >= 0.6 is 0 Å². The number of benzene rings is 1. The standard InChI is InChI=1S/C25H36N4O8/c1-16(28(5)24(35)37-25(2,3)4)20(30)27-18(21(31)29-13-9-12-19(29)22(32)33)14-26-23(34)36-15-17-10-7-6-8-11-17/h6-8,10-11,16,18-19H,9,12-15H2,1-5H3,(H,26,34)(H,27,30)(H,32,33)/t16-,18-,19?/m0/s1. The van der Waals surface area contributed by atoms with Gasteiger partial charge in [-0.05, 0) is 46.1 Å². The first-order chi connectivity index (χ1) is 17.3. The van der Waals surface area contributed by atoms with Gasteiger partial charge in [0, 0.05) is 13.6 Å². The molecule has 1 aromatic rings. The van der Waals surface area contributed by atoms with Gasteiger partial charge in [0.15, 0.2) is 0 Å². The van der Waals surface area contributed by atoms with Crippen LogP contribution in [0.3, 0.4) is 0 Å². The Labute approximate surface area is 216 Å². The molecule has 0 radical (unpaired) electrons. The van der Waals surface area contributed by atoms with E-state index in [1.807, 2.05) is 6.07 Å². The number of hydrogen-bond acceptors (Lipinski definition) is 7. The molecule has 3 atom stereocenters. The number of likely N-dealkylation sites (N-methyl/N-ethyl adjacent to an activating group) is 1. The van der Waals surface area contributed by atoms with Gasteiger partial charge < -0.3 is 30.1 Å². The lowest BCUT2D eigenvalue weighted by Crippen LogP contribution is -2.58. The third-order valence-electron chi connectivity index (χ3n) is 5.74. The van der Waals surface area contributed by atoms with E-state index >= 15 is 0 Å². The summed E-state index contributed by atoms with van der Waals surface area (Å²) in [4.78, 5) is 64.7. The van der Waals surface area contributed by atoms with Crippen LogP contribution in [0.2, 0.25) is 0 Å². The fraction of sp³-hybridized carbons (Fsp3) is 0.560. The number of ether oxygens (including phenoxy) is 2. The summed E-state index contributed by atoms with van der Waals surface area (Å²) in [5, 5.41) is 14.5. The van der Waals surface area contributed by atoms with Crippen LogP contribution in [0.5, 0.6) is 0 Å². The molecule has 1 aliphatic heterocycles. The van der Waals surface area contributed by atoms with Crippen molar-refractivity contribution in [1.82, 2.24) is 20.4 Å². The van der Waals surface area contributed by atoms with Gasteiger partial charge >= 0.3 is 18.2 Å². The van der Waals surface area contributed by atoms with Crippen molar-refractivity contribution in [3.05, 3.63) is 35.9 Å². The molecule has 0 aromatic heterocycles. The van der Waals surface area contributed by atoms with Crippen molar-refractivity contribution >= 4 is 30.0 Å². The highest BCUT2D eigenvalue weighted by Crippen LogP contribution is 2.19. The van der Waals surface area contributed by atoms with E-state index in [9.17, 15) is 29.1 Å². The van der Waals surface area contributed by atoms with Crippen molar-refractivity contribution in [1.29, 1.82) is 0 Å². The van der Waals surface area contributed by atoms with Crippen molar-refractivity contribution in [2.45, 2.75) is 70.9 Å². The number of likely N-dealkylation sites (tertiary alicyclic amines) is 1. The Bertz CT molecular complexity index is 979. The molecule has 12 nitrogen and oxygen atoms in total. The van der Waals surface area contributed by atoms with Gasteiger partial charge in [-0.2, -0.15) is 0 Å². The van der Waals surface area contributed by atoms with Crippen molar-refractivity contribution in [3.8, 4) is 0 Å². The summed E-state index contributed by atoms with van der Waals surface area (Å²) in [7, 11) is 1.38. The molecule has 4 amide bonds.